The molecule has 0 N–H and O–H groups in total. The molecular formula is C11H8F3N3O3. The van der Waals surface area contributed by atoms with Crippen LogP contribution in [0.5, 0.6) is 0 Å². The summed E-state index contributed by atoms with van der Waals surface area (Å²) in [6.45, 7) is -0.0426. The second kappa shape index (κ2) is 5.27. The summed E-state index contributed by atoms with van der Waals surface area (Å²) >= 11 is 0. The Morgan fingerprint density at radius 2 is 2.15 bits per heavy atom. The number of nitrogens with zero attached hydrogens (tertiary/aromatic N) is 3. The molecule has 0 aliphatic rings. The van der Waals surface area contributed by atoms with Gasteiger partial charge in [0.15, 0.2) is 0 Å². The van der Waals surface area contributed by atoms with Crippen LogP contribution in [0, 0.1) is 0 Å². The zero-order valence-electron chi connectivity index (χ0n) is 9.92. The molecule has 20 heavy (non-hydrogen) atoms. The summed E-state index contributed by atoms with van der Waals surface area (Å²) < 4.78 is 43.2. The molecule has 0 unspecified atom stereocenters. The van der Waals surface area contributed by atoms with Crippen molar-refractivity contribution in [3.8, 4) is 11.5 Å². The molecule has 9 heteroatoms. The quantitative estimate of drug-likeness (QED) is 0.796. The normalized spacial score (nSPS) is 11.6. The molecule has 0 atom stereocenters. The van der Waals surface area contributed by atoms with Gasteiger partial charge in [0.2, 0.25) is 5.82 Å². The van der Waals surface area contributed by atoms with Gasteiger partial charge >= 0.3 is 11.9 Å². The first kappa shape index (κ1) is 14.0. The van der Waals surface area contributed by atoms with Crippen molar-refractivity contribution < 1.29 is 22.5 Å². The number of carbonyl (C=O) groups is 1. The molecular weight excluding hydrogens is 279 g/mol. The summed E-state index contributed by atoms with van der Waals surface area (Å²) in [6, 6.07) is 1.56. The molecule has 0 saturated heterocycles. The van der Waals surface area contributed by atoms with Gasteiger partial charge in [-0.3, -0.25) is 14.1 Å². The fraction of sp³-hybridized carbons (Fsp3) is 0.273. The van der Waals surface area contributed by atoms with Gasteiger partial charge in [0, 0.05) is 19.2 Å². The second-order valence-corrected chi connectivity index (χ2v) is 3.81. The lowest BCUT2D eigenvalue weighted by molar-refractivity contribution is -0.137. The summed E-state index contributed by atoms with van der Waals surface area (Å²) in [5.41, 5.74) is -1.07. The summed E-state index contributed by atoms with van der Waals surface area (Å²) in [5.74, 6) is -1.01. The molecule has 0 aliphatic carbocycles. The van der Waals surface area contributed by atoms with Gasteiger partial charge in [-0.25, -0.2) is 4.79 Å². The van der Waals surface area contributed by atoms with Gasteiger partial charge in [0.25, 0.3) is 0 Å². The summed E-state index contributed by atoms with van der Waals surface area (Å²) in [6.07, 6.45) is -2.99. The van der Waals surface area contributed by atoms with Crippen LogP contribution >= 0.6 is 0 Å². The molecule has 0 amide bonds. The highest BCUT2D eigenvalue weighted by Crippen LogP contribution is 2.30. The van der Waals surface area contributed by atoms with Crippen molar-refractivity contribution in [2.24, 2.45) is 0 Å². The molecule has 0 radical (unpaired) electrons. The van der Waals surface area contributed by atoms with Gasteiger partial charge in [0.1, 0.15) is 12.0 Å². The molecule has 2 aromatic heterocycles. The summed E-state index contributed by atoms with van der Waals surface area (Å²) in [5, 5.41) is 3.39. The van der Waals surface area contributed by atoms with E-state index in [4.69, 9.17) is 0 Å². The van der Waals surface area contributed by atoms with Crippen LogP contribution in [0.25, 0.3) is 11.5 Å². The van der Waals surface area contributed by atoms with Crippen LogP contribution in [0.15, 0.2) is 27.6 Å². The Bertz CT molecular complexity index is 675. The first-order valence-corrected chi connectivity index (χ1v) is 5.47. The predicted molar refractivity (Wildman–Crippen MR) is 59.7 cm³/mol. The van der Waals surface area contributed by atoms with E-state index in [1.165, 1.54) is 0 Å². The Hall–Kier alpha value is -2.45. The molecule has 6 nitrogen and oxygen atoms in total. The highest BCUT2D eigenvalue weighted by atomic mass is 19.4. The highest BCUT2D eigenvalue weighted by molar-refractivity contribution is 5.52. The first-order chi connectivity index (χ1) is 9.43. The minimum absolute atomic E-state index is 0.00703. The zero-order valence-corrected chi connectivity index (χ0v) is 9.92. The zero-order chi connectivity index (χ0) is 14.8. The average molecular weight is 287 g/mol. The summed E-state index contributed by atoms with van der Waals surface area (Å²) in [7, 11) is 0. The predicted octanol–water partition coefficient (Wildman–Crippen LogP) is 1.51. The Morgan fingerprint density at radius 1 is 1.40 bits per heavy atom. The number of rotatable bonds is 4. The number of pyridine rings is 1. The number of aldehydes is 1. The van der Waals surface area contributed by atoms with Crippen LogP contribution in [0.4, 0.5) is 13.2 Å². The molecule has 0 saturated carbocycles. The van der Waals surface area contributed by atoms with Crippen LogP contribution in [0.2, 0.25) is 0 Å². The number of halogens is 3. The topological polar surface area (TPSA) is 78.0 Å². The molecule has 2 aromatic rings. The van der Waals surface area contributed by atoms with Crippen molar-refractivity contribution in [2.75, 3.05) is 0 Å². The second-order valence-electron chi connectivity index (χ2n) is 3.81. The lowest BCUT2D eigenvalue weighted by Crippen LogP contribution is -2.16. The van der Waals surface area contributed by atoms with Crippen molar-refractivity contribution in [1.29, 1.82) is 0 Å². The molecule has 106 valence electrons. The Kier molecular flexibility index (Phi) is 3.68. The largest absolute Gasteiger partial charge is 0.441 e. The van der Waals surface area contributed by atoms with E-state index >= 15 is 0 Å². The van der Waals surface area contributed by atoms with Crippen molar-refractivity contribution >= 4 is 6.29 Å². The third-order valence-corrected chi connectivity index (χ3v) is 2.47. The van der Waals surface area contributed by atoms with E-state index in [1.807, 2.05) is 0 Å². The number of aromatic nitrogens is 3. The molecule has 0 spiro atoms. The van der Waals surface area contributed by atoms with Gasteiger partial charge in [-0.2, -0.15) is 13.2 Å². The number of hydrogen-bond acceptors (Lipinski definition) is 5. The minimum atomic E-state index is -4.53. The number of carbonyl (C=O) groups excluding carboxylic acids is 1. The van der Waals surface area contributed by atoms with E-state index in [-0.39, 0.29) is 24.5 Å². The average Bonchev–Trinajstić information content (AvgIpc) is 2.77. The van der Waals surface area contributed by atoms with E-state index in [0.717, 1.165) is 22.9 Å². The van der Waals surface area contributed by atoms with E-state index in [9.17, 15) is 22.8 Å². The Morgan fingerprint density at radius 3 is 2.80 bits per heavy atom. The molecule has 2 heterocycles. The maximum Gasteiger partial charge on any atom is 0.441 e. The van der Waals surface area contributed by atoms with E-state index in [2.05, 4.69) is 14.7 Å². The van der Waals surface area contributed by atoms with Crippen molar-refractivity contribution in [3.05, 3.63) is 34.4 Å². The molecule has 0 fully saturated rings. The van der Waals surface area contributed by atoms with Gasteiger partial charge in [0.05, 0.1) is 5.56 Å². The number of hydrogen-bond donors (Lipinski definition) is 0. The van der Waals surface area contributed by atoms with Gasteiger partial charge in [-0.15, -0.1) is 0 Å². The lowest BCUT2D eigenvalue weighted by Gasteiger charge is -2.07. The third kappa shape index (κ3) is 2.76. The smallest absolute Gasteiger partial charge is 0.303 e. The fourth-order valence-electron chi connectivity index (χ4n) is 1.56. The van der Waals surface area contributed by atoms with Crippen LogP contribution in [-0.2, 0) is 17.5 Å². The third-order valence-electron chi connectivity index (χ3n) is 2.47. The Balaban J connectivity index is 2.47. The SMILES string of the molecule is O=CCCn1c(-c2cc(C(F)(F)F)ccn2)noc1=O. The Labute approximate surface area is 109 Å². The maximum atomic E-state index is 12.6. The van der Waals surface area contributed by atoms with Crippen molar-refractivity contribution in [1.82, 2.24) is 14.7 Å². The minimum Gasteiger partial charge on any atom is -0.303 e. The molecule has 0 aliphatic heterocycles. The first-order valence-electron chi connectivity index (χ1n) is 5.47. The van der Waals surface area contributed by atoms with E-state index < -0.39 is 17.5 Å². The van der Waals surface area contributed by atoms with E-state index in [1.54, 1.807) is 0 Å². The van der Waals surface area contributed by atoms with Crippen LogP contribution in [0.1, 0.15) is 12.0 Å². The number of alkyl halides is 3. The van der Waals surface area contributed by atoms with Gasteiger partial charge < -0.3 is 4.79 Å². The standard InChI is InChI=1S/C11H8F3N3O3/c12-11(13,14)7-2-3-15-8(6-7)9-16-20-10(19)17(9)4-1-5-18/h2-3,5-6H,1,4H2. The fourth-order valence-corrected chi connectivity index (χ4v) is 1.56. The van der Waals surface area contributed by atoms with Crippen molar-refractivity contribution in [3.63, 3.8) is 0 Å². The highest BCUT2D eigenvalue weighted by Gasteiger charge is 2.31. The van der Waals surface area contributed by atoms with Crippen LogP contribution in [-0.4, -0.2) is 21.0 Å². The van der Waals surface area contributed by atoms with Gasteiger partial charge in [-0.1, -0.05) is 5.16 Å². The van der Waals surface area contributed by atoms with Crippen molar-refractivity contribution in [2.45, 2.75) is 19.1 Å². The maximum absolute atomic E-state index is 12.6. The van der Waals surface area contributed by atoms with E-state index in [0.29, 0.717) is 6.29 Å². The van der Waals surface area contributed by atoms with Crippen LogP contribution in [0.3, 0.4) is 0 Å². The molecule has 2 rings (SSSR count). The van der Waals surface area contributed by atoms with Crippen LogP contribution < -0.4 is 5.76 Å². The molecule has 0 bridgehead atoms. The lowest BCUT2D eigenvalue weighted by atomic mass is 10.2. The monoisotopic (exact) mass is 287 g/mol. The van der Waals surface area contributed by atoms with Gasteiger partial charge in [-0.05, 0) is 12.1 Å². The summed E-state index contributed by atoms with van der Waals surface area (Å²) in [4.78, 5) is 25.4. The molecule has 0 aromatic carbocycles.